The Morgan fingerprint density at radius 1 is 1.50 bits per heavy atom. The van der Waals surface area contributed by atoms with Crippen molar-refractivity contribution in [2.24, 2.45) is 0 Å². The molecular formula is C6H13N2-. The number of hydrogen-bond acceptors (Lipinski definition) is 1. The zero-order chi connectivity index (χ0) is 6.04. The minimum atomic E-state index is 0.193. The monoisotopic (exact) mass is 113 g/mol. The van der Waals surface area contributed by atoms with Gasteiger partial charge in [0.1, 0.15) is 0 Å². The lowest BCUT2D eigenvalue weighted by Gasteiger charge is -2.45. The lowest BCUT2D eigenvalue weighted by molar-refractivity contribution is 0.470. The predicted octanol–water partition coefficient (Wildman–Crippen LogP) is 0.742. The highest BCUT2D eigenvalue weighted by Gasteiger charge is 2.07. The first kappa shape index (κ1) is 6.05. The lowest BCUT2D eigenvalue weighted by Crippen LogP contribution is -2.41. The molecule has 1 aliphatic rings. The highest BCUT2D eigenvalue weighted by Crippen LogP contribution is 2.15. The molecule has 0 bridgehead atoms. The van der Waals surface area contributed by atoms with Crippen molar-refractivity contribution in [3.05, 3.63) is 5.32 Å². The molecule has 1 N–H and O–H groups in total. The van der Waals surface area contributed by atoms with E-state index in [1.807, 2.05) is 0 Å². The van der Waals surface area contributed by atoms with Gasteiger partial charge in [0.05, 0.1) is 0 Å². The quantitative estimate of drug-likeness (QED) is 0.492. The van der Waals surface area contributed by atoms with Gasteiger partial charge in [-0.15, -0.1) is 12.1 Å². The third-order valence-corrected chi connectivity index (χ3v) is 1.39. The van der Waals surface area contributed by atoms with Crippen molar-refractivity contribution in [3.63, 3.8) is 0 Å². The van der Waals surface area contributed by atoms with Gasteiger partial charge >= 0.3 is 0 Å². The maximum atomic E-state index is 4.40. The first-order valence-corrected chi connectivity index (χ1v) is 3.10. The second-order valence-electron chi connectivity index (χ2n) is 2.87. The Bertz CT molecular complexity index is 70.6. The summed E-state index contributed by atoms with van der Waals surface area (Å²) in [4.78, 5) is 0. The van der Waals surface area contributed by atoms with Crippen LogP contribution in [0.2, 0.25) is 0 Å². The van der Waals surface area contributed by atoms with Crippen LogP contribution in [0.3, 0.4) is 0 Å². The fraction of sp³-hybridized carbons (Fsp3) is 1.00. The average molecular weight is 113 g/mol. The number of nitrogens with one attached hydrogen (secondary N) is 1. The van der Waals surface area contributed by atoms with Gasteiger partial charge in [-0.1, -0.05) is 13.8 Å². The highest BCUT2D eigenvalue weighted by molar-refractivity contribution is 5.05. The van der Waals surface area contributed by atoms with Crippen molar-refractivity contribution in [1.29, 1.82) is 0 Å². The van der Waals surface area contributed by atoms with Crippen LogP contribution in [0.25, 0.3) is 5.32 Å². The molecule has 2 nitrogen and oxygen atoms in total. The number of nitrogens with zero attached hydrogens (tertiary/aromatic N) is 1. The van der Waals surface area contributed by atoms with Gasteiger partial charge in [-0.25, -0.2) is 0 Å². The summed E-state index contributed by atoms with van der Waals surface area (Å²) < 4.78 is 0. The van der Waals surface area contributed by atoms with E-state index in [1.54, 1.807) is 0 Å². The summed E-state index contributed by atoms with van der Waals surface area (Å²) in [5, 5.41) is 7.68. The molecule has 1 fully saturated rings. The summed E-state index contributed by atoms with van der Waals surface area (Å²) in [7, 11) is 0. The van der Waals surface area contributed by atoms with Gasteiger partial charge in [-0.2, -0.15) is 0 Å². The predicted molar refractivity (Wildman–Crippen MR) is 35.2 cm³/mol. The molecule has 0 unspecified atom stereocenters. The maximum Gasteiger partial charge on any atom is -0.0187 e. The topological polar surface area (TPSA) is 26.1 Å². The summed E-state index contributed by atoms with van der Waals surface area (Å²) >= 11 is 0. The maximum absolute atomic E-state index is 4.40. The standard InChI is InChI=1S/C6H13N2/c1-6(2)5-7-3-4-8-6/h7H,3-5H2,1-2H3/q-1. The molecule has 0 aromatic carbocycles. The molecule has 0 amide bonds. The smallest absolute Gasteiger partial charge is 0.0187 e. The Morgan fingerprint density at radius 2 is 2.25 bits per heavy atom. The minimum absolute atomic E-state index is 0.193. The Hall–Kier alpha value is -0.0800. The third-order valence-electron chi connectivity index (χ3n) is 1.39. The molecule has 0 saturated carbocycles. The second-order valence-corrected chi connectivity index (χ2v) is 2.87. The Kier molecular flexibility index (Phi) is 1.54. The molecule has 1 rings (SSSR count). The van der Waals surface area contributed by atoms with E-state index in [4.69, 9.17) is 0 Å². The van der Waals surface area contributed by atoms with Crippen molar-refractivity contribution in [2.45, 2.75) is 19.4 Å². The van der Waals surface area contributed by atoms with E-state index < -0.39 is 0 Å². The van der Waals surface area contributed by atoms with E-state index in [-0.39, 0.29) is 5.54 Å². The van der Waals surface area contributed by atoms with Gasteiger partial charge in [0.15, 0.2) is 0 Å². The lowest BCUT2D eigenvalue weighted by atomic mass is 10.0. The number of rotatable bonds is 0. The van der Waals surface area contributed by atoms with E-state index in [0.29, 0.717) is 0 Å². The van der Waals surface area contributed by atoms with Crippen LogP contribution < -0.4 is 5.32 Å². The van der Waals surface area contributed by atoms with Crippen molar-refractivity contribution in [2.75, 3.05) is 19.6 Å². The van der Waals surface area contributed by atoms with E-state index >= 15 is 0 Å². The molecule has 0 aromatic rings. The van der Waals surface area contributed by atoms with Crippen LogP contribution in [0.4, 0.5) is 0 Å². The van der Waals surface area contributed by atoms with Crippen LogP contribution in [0.1, 0.15) is 13.8 Å². The molecule has 0 aromatic heterocycles. The molecule has 0 atom stereocenters. The normalized spacial score (nSPS) is 27.8. The number of hydrogen-bond donors (Lipinski definition) is 1. The van der Waals surface area contributed by atoms with Crippen LogP contribution in [0, 0.1) is 0 Å². The highest BCUT2D eigenvalue weighted by atomic mass is 15.1. The zero-order valence-corrected chi connectivity index (χ0v) is 5.57. The Labute approximate surface area is 50.7 Å². The van der Waals surface area contributed by atoms with E-state index in [9.17, 15) is 0 Å². The zero-order valence-electron chi connectivity index (χ0n) is 5.57. The Morgan fingerprint density at radius 3 is 2.50 bits per heavy atom. The van der Waals surface area contributed by atoms with Crippen molar-refractivity contribution in [1.82, 2.24) is 5.32 Å². The molecule has 1 aliphatic heterocycles. The van der Waals surface area contributed by atoms with E-state index in [0.717, 1.165) is 19.6 Å². The third kappa shape index (κ3) is 1.46. The van der Waals surface area contributed by atoms with Gasteiger partial charge in [-0.3, -0.25) is 0 Å². The molecule has 48 valence electrons. The van der Waals surface area contributed by atoms with E-state index in [2.05, 4.69) is 24.5 Å². The van der Waals surface area contributed by atoms with Crippen LogP contribution in [-0.2, 0) is 0 Å². The van der Waals surface area contributed by atoms with Crippen LogP contribution >= 0.6 is 0 Å². The second kappa shape index (κ2) is 2.03. The summed E-state index contributed by atoms with van der Waals surface area (Å²) in [6, 6.07) is 0. The molecule has 1 saturated heterocycles. The van der Waals surface area contributed by atoms with Crippen molar-refractivity contribution in [3.8, 4) is 0 Å². The van der Waals surface area contributed by atoms with Crippen LogP contribution in [0.5, 0.6) is 0 Å². The van der Waals surface area contributed by atoms with E-state index in [1.165, 1.54) is 0 Å². The van der Waals surface area contributed by atoms with Gasteiger partial charge in [0, 0.05) is 0 Å². The summed E-state index contributed by atoms with van der Waals surface area (Å²) in [5.74, 6) is 0. The summed E-state index contributed by atoms with van der Waals surface area (Å²) in [5.41, 5.74) is 0.193. The summed E-state index contributed by atoms with van der Waals surface area (Å²) in [6.07, 6.45) is 0. The van der Waals surface area contributed by atoms with Crippen LogP contribution in [0.15, 0.2) is 0 Å². The fourth-order valence-electron chi connectivity index (χ4n) is 0.888. The molecule has 0 aliphatic carbocycles. The minimum Gasteiger partial charge on any atom is -0.655 e. The largest absolute Gasteiger partial charge is 0.655 e. The first-order chi connectivity index (χ1) is 3.71. The molecule has 0 spiro atoms. The van der Waals surface area contributed by atoms with Gasteiger partial charge < -0.3 is 10.6 Å². The van der Waals surface area contributed by atoms with Gasteiger partial charge in [0.2, 0.25) is 0 Å². The molecule has 2 heteroatoms. The average Bonchev–Trinajstić information content (AvgIpc) is 1.65. The van der Waals surface area contributed by atoms with Crippen molar-refractivity contribution >= 4 is 0 Å². The molecule has 8 heavy (non-hydrogen) atoms. The fourth-order valence-corrected chi connectivity index (χ4v) is 0.888. The summed E-state index contributed by atoms with van der Waals surface area (Å²) in [6.45, 7) is 7.38. The molecule has 0 radical (unpaired) electrons. The Balaban J connectivity index is 2.33. The molecular weight excluding hydrogens is 100 g/mol. The molecule has 1 heterocycles. The first-order valence-electron chi connectivity index (χ1n) is 3.10. The van der Waals surface area contributed by atoms with Crippen LogP contribution in [-0.4, -0.2) is 25.2 Å². The SMILES string of the molecule is CC1(C)CNCC[N-]1. The van der Waals surface area contributed by atoms with Gasteiger partial charge in [-0.05, 0) is 13.1 Å². The van der Waals surface area contributed by atoms with Gasteiger partial charge in [0.25, 0.3) is 0 Å². The number of piperazine rings is 1. The van der Waals surface area contributed by atoms with Crippen molar-refractivity contribution < 1.29 is 0 Å².